The van der Waals surface area contributed by atoms with Gasteiger partial charge in [-0.15, -0.1) is 0 Å². The molecule has 5 atom stereocenters. The van der Waals surface area contributed by atoms with Crippen molar-refractivity contribution in [3.8, 4) is 5.75 Å². The fraction of sp³-hybridized carbons (Fsp3) is 0.651. The zero-order valence-electron chi connectivity index (χ0n) is 33.0. The van der Waals surface area contributed by atoms with Crippen LogP contribution in [0.2, 0.25) is 0 Å². The van der Waals surface area contributed by atoms with Crippen molar-refractivity contribution in [1.82, 2.24) is 14.6 Å². The summed E-state index contributed by atoms with van der Waals surface area (Å²) in [5, 5.41) is 0.316. The number of allylic oxidation sites excluding steroid dienone is 2. The van der Waals surface area contributed by atoms with E-state index in [-0.39, 0.29) is 75.7 Å². The minimum absolute atomic E-state index is 0. The molecule has 2 saturated carbocycles. The van der Waals surface area contributed by atoms with Gasteiger partial charge in [0.1, 0.15) is 11.4 Å². The maximum Gasteiger partial charge on any atom is 0.418 e. The number of hydrogen-bond donors (Lipinski definition) is 1. The maximum atomic E-state index is 14.8. The van der Waals surface area contributed by atoms with E-state index in [1.807, 2.05) is 26.0 Å². The largest absolute Gasteiger partial charge is 0.483 e. The molecule has 2 aromatic rings. The van der Waals surface area contributed by atoms with Crippen LogP contribution in [0.3, 0.4) is 0 Å². The summed E-state index contributed by atoms with van der Waals surface area (Å²) in [7, 11) is -4.00. The number of carbonyl (C=O) groups excluding carboxylic acids is 4. The van der Waals surface area contributed by atoms with Gasteiger partial charge >= 0.3 is 12.1 Å². The average Bonchev–Trinajstić information content (AvgIpc) is 4.03. The van der Waals surface area contributed by atoms with E-state index < -0.39 is 73.1 Å². The van der Waals surface area contributed by atoms with Crippen molar-refractivity contribution < 1.29 is 50.2 Å². The number of sulfonamides is 1. The van der Waals surface area contributed by atoms with Crippen molar-refractivity contribution in [2.45, 2.75) is 141 Å². The number of aryl methyl sites for hydroxylation is 2. The lowest BCUT2D eigenvalue weighted by atomic mass is 9.85. The Hall–Kier alpha value is -4.01. The molecule has 0 unspecified atom stereocenters. The molecule has 1 N–H and O–H groups in total. The van der Waals surface area contributed by atoms with E-state index in [0.29, 0.717) is 55.2 Å². The fourth-order valence-electron chi connectivity index (χ4n) is 8.93. The second-order valence-corrected chi connectivity index (χ2v) is 19.9. The molecular formula is C43H56F3N3O8S. The number of amides is 2. The number of rotatable bonds is 7. The third kappa shape index (κ3) is 8.38. The number of esters is 1. The van der Waals surface area contributed by atoms with Crippen molar-refractivity contribution in [2.24, 2.45) is 23.2 Å². The summed E-state index contributed by atoms with van der Waals surface area (Å²) in [6, 6.07) is 2.85. The van der Waals surface area contributed by atoms with Crippen molar-refractivity contribution in [1.29, 1.82) is 0 Å². The van der Waals surface area contributed by atoms with Crippen LogP contribution < -0.4 is 9.46 Å². The van der Waals surface area contributed by atoms with Crippen LogP contribution in [0.15, 0.2) is 30.4 Å². The molecular weight excluding hydrogens is 776 g/mol. The SMILES string of the molecule is C.Cc1nc2c(C(F)(F)F)cccc2c2c1O[C@]1(CC2)C[C@H]2C(=O)C[C@]3(C(=O)NS(=O)(=O)C4(C)CC4)C[C@H]3/C=C\CCCCC[C@H](CC(=O)OCC(C)C)C(=O)N2C1. The molecule has 0 radical (unpaired) electrons. The van der Waals surface area contributed by atoms with Gasteiger partial charge in [-0.25, -0.2) is 13.4 Å². The zero-order chi connectivity index (χ0) is 41.1. The normalized spacial score (nSPS) is 28.9. The lowest BCUT2D eigenvalue weighted by Gasteiger charge is -2.37. The Morgan fingerprint density at radius 2 is 1.84 bits per heavy atom. The highest BCUT2D eigenvalue weighted by molar-refractivity contribution is 7.91. The number of hydrogen-bond acceptors (Lipinski definition) is 9. The molecule has 3 fully saturated rings. The van der Waals surface area contributed by atoms with Gasteiger partial charge in [-0.2, -0.15) is 13.2 Å². The van der Waals surface area contributed by atoms with E-state index >= 15 is 0 Å². The number of alkyl halides is 3. The van der Waals surface area contributed by atoms with Crippen LogP contribution in [-0.4, -0.2) is 71.4 Å². The van der Waals surface area contributed by atoms with Gasteiger partial charge < -0.3 is 14.4 Å². The number of benzene rings is 1. The molecule has 0 bridgehead atoms. The summed E-state index contributed by atoms with van der Waals surface area (Å²) in [5.41, 5.74) is -2.66. The van der Waals surface area contributed by atoms with Crippen molar-refractivity contribution in [2.75, 3.05) is 13.2 Å². The summed E-state index contributed by atoms with van der Waals surface area (Å²) in [6.45, 7) is 7.14. The van der Waals surface area contributed by atoms with Gasteiger partial charge in [-0.3, -0.25) is 23.9 Å². The molecule has 58 heavy (non-hydrogen) atoms. The van der Waals surface area contributed by atoms with Gasteiger partial charge in [-0.05, 0) is 83.1 Å². The standard InChI is InChI=1S/C42H52F3N3O8S.CH4/c1-25(2)23-55-34(50)19-27-11-8-6-5-7-9-12-28-20-41(28,38(52)47-57(53,54)39(4)17-18-39)22-33(49)32-21-40(24-48(32)37(27)51)16-15-30-29-13-10-14-31(42(43,44)45)35(29)46-26(3)36(30)56-40;/h9-10,12-14,25,27-28,32H,5-8,11,15-24H2,1-4H3,(H,47,52);1H4/b12-9-;/t27-,28-,32+,40-,41-;/m1./s1. The molecule has 4 heterocycles. The summed E-state index contributed by atoms with van der Waals surface area (Å²) in [5.74, 6) is -2.85. The number of fused-ring (bicyclic) bond motifs is 5. The number of Topliss-reactive ketones (excluding diaryl/α,β-unsaturated/α-hetero) is 1. The molecule has 3 aliphatic heterocycles. The molecule has 1 aromatic heterocycles. The number of para-hydroxylation sites is 1. The van der Waals surface area contributed by atoms with E-state index in [0.717, 1.165) is 18.9 Å². The molecule has 5 aliphatic rings. The number of ketones is 1. The van der Waals surface area contributed by atoms with Crippen molar-refractivity contribution >= 4 is 44.5 Å². The molecule has 2 aliphatic carbocycles. The van der Waals surface area contributed by atoms with Gasteiger partial charge in [0.2, 0.25) is 21.8 Å². The lowest BCUT2D eigenvalue weighted by molar-refractivity contribution is -0.151. The predicted octanol–water partition coefficient (Wildman–Crippen LogP) is 7.55. The number of halogens is 3. The first-order valence-corrected chi connectivity index (χ1v) is 21.7. The Kier molecular flexibility index (Phi) is 11.9. The Labute approximate surface area is 338 Å². The highest BCUT2D eigenvalue weighted by atomic mass is 32.2. The summed E-state index contributed by atoms with van der Waals surface area (Å²) in [4.78, 5) is 62.4. The van der Waals surface area contributed by atoms with Crippen molar-refractivity contribution in [3.63, 3.8) is 0 Å². The smallest absolute Gasteiger partial charge is 0.418 e. The predicted molar refractivity (Wildman–Crippen MR) is 211 cm³/mol. The van der Waals surface area contributed by atoms with Gasteiger partial charge in [0.05, 0.1) is 52.6 Å². The Morgan fingerprint density at radius 1 is 1.10 bits per heavy atom. The van der Waals surface area contributed by atoms with Crippen LogP contribution in [0, 0.1) is 30.1 Å². The number of aromatic nitrogens is 1. The van der Waals surface area contributed by atoms with Crippen LogP contribution in [0.1, 0.15) is 122 Å². The third-order valence-electron chi connectivity index (χ3n) is 12.8. The average molecular weight is 832 g/mol. The first kappa shape index (κ1) is 43.6. The molecule has 15 heteroatoms. The first-order chi connectivity index (χ1) is 26.8. The Morgan fingerprint density at radius 3 is 2.53 bits per heavy atom. The molecule has 11 nitrogen and oxygen atoms in total. The van der Waals surface area contributed by atoms with Gasteiger partial charge in [0.25, 0.3) is 0 Å². The van der Waals surface area contributed by atoms with Crippen LogP contribution >= 0.6 is 0 Å². The molecule has 1 saturated heterocycles. The lowest BCUT2D eigenvalue weighted by Crippen LogP contribution is -2.48. The summed E-state index contributed by atoms with van der Waals surface area (Å²) >= 11 is 0. The van der Waals surface area contributed by atoms with Crippen LogP contribution in [-0.2, 0) is 46.5 Å². The monoisotopic (exact) mass is 831 g/mol. The van der Waals surface area contributed by atoms with E-state index in [4.69, 9.17) is 9.47 Å². The quantitative estimate of drug-likeness (QED) is 0.221. The zero-order valence-corrected chi connectivity index (χ0v) is 33.8. The van der Waals surface area contributed by atoms with E-state index in [2.05, 4.69) is 9.71 Å². The van der Waals surface area contributed by atoms with Gasteiger partial charge in [0.15, 0.2) is 5.78 Å². The fourth-order valence-corrected chi connectivity index (χ4v) is 10.3. The van der Waals surface area contributed by atoms with Crippen molar-refractivity contribution in [3.05, 3.63) is 47.2 Å². The topological polar surface area (TPSA) is 149 Å². The molecule has 1 aromatic carbocycles. The van der Waals surface area contributed by atoms with E-state index in [1.54, 1.807) is 19.9 Å². The minimum atomic E-state index is -4.62. The summed E-state index contributed by atoms with van der Waals surface area (Å²) in [6.07, 6.45) is 3.77. The minimum Gasteiger partial charge on any atom is -0.483 e. The molecule has 7 rings (SSSR count). The second kappa shape index (κ2) is 15.9. The van der Waals surface area contributed by atoms with Gasteiger partial charge in [0, 0.05) is 29.7 Å². The van der Waals surface area contributed by atoms with Gasteiger partial charge in [-0.1, -0.05) is 58.4 Å². The molecule has 1 spiro atoms. The second-order valence-electron chi connectivity index (χ2n) is 17.7. The Bertz CT molecular complexity index is 2120. The van der Waals surface area contributed by atoms with Crippen LogP contribution in [0.5, 0.6) is 5.75 Å². The number of nitrogens with zero attached hydrogens (tertiary/aromatic N) is 2. The molecule has 2 amide bonds. The number of carbonyl (C=O) groups is 4. The van der Waals surface area contributed by atoms with E-state index in [9.17, 15) is 40.8 Å². The molecule has 318 valence electrons. The highest BCUT2D eigenvalue weighted by Gasteiger charge is 2.63. The summed E-state index contributed by atoms with van der Waals surface area (Å²) < 4.78 is 82.0. The van der Waals surface area contributed by atoms with Crippen LogP contribution in [0.4, 0.5) is 13.2 Å². The first-order valence-electron chi connectivity index (χ1n) is 20.2. The van der Waals surface area contributed by atoms with E-state index in [1.165, 1.54) is 11.0 Å². The number of nitrogens with one attached hydrogen (secondary N) is 1. The number of ether oxygens (including phenoxy) is 2. The number of pyridine rings is 1. The van der Waals surface area contributed by atoms with Crippen LogP contribution in [0.25, 0.3) is 10.9 Å². The maximum absolute atomic E-state index is 14.8. The Balaban J connectivity index is 0.00000567. The highest BCUT2D eigenvalue weighted by Crippen LogP contribution is 2.58. The third-order valence-corrected chi connectivity index (χ3v) is 15.0.